The van der Waals surface area contributed by atoms with Crippen LogP contribution in [0.25, 0.3) is 0 Å². The Balaban J connectivity index is 1.63. The maximum atomic E-state index is 13.1. The molecule has 2 atom stereocenters. The molecule has 166 valence electrons. The van der Waals surface area contributed by atoms with Gasteiger partial charge in [-0.15, -0.1) is 0 Å². The lowest BCUT2D eigenvalue weighted by Gasteiger charge is -2.44. The van der Waals surface area contributed by atoms with Crippen LogP contribution in [-0.4, -0.2) is 52.4 Å². The highest BCUT2D eigenvalue weighted by Gasteiger charge is 2.32. The molecule has 0 unspecified atom stereocenters. The molecule has 0 spiro atoms. The van der Waals surface area contributed by atoms with Crippen LogP contribution in [0.15, 0.2) is 36.4 Å². The van der Waals surface area contributed by atoms with Crippen molar-refractivity contribution >= 4 is 34.8 Å². The molecule has 0 radical (unpaired) electrons. The lowest BCUT2D eigenvalue weighted by molar-refractivity contribution is -0.385. The zero-order valence-corrected chi connectivity index (χ0v) is 18.6. The van der Waals surface area contributed by atoms with Crippen LogP contribution in [0.2, 0.25) is 10.0 Å². The second kappa shape index (κ2) is 9.80. The lowest BCUT2D eigenvalue weighted by Crippen LogP contribution is -2.58. The van der Waals surface area contributed by atoms with Crippen molar-refractivity contribution in [3.63, 3.8) is 0 Å². The fraction of sp³-hybridized carbons (Fsp3) is 0.381. The van der Waals surface area contributed by atoms with E-state index in [1.807, 2.05) is 13.8 Å². The number of carbonyl (C=O) groups is 1. The van der Waals surface area contributed by atoms with E-state index in [-0.39, 0.29) is 46.2 Å². The number of carbonyl (C=O) groups excluding carboxylic acids is 1. The normalized spacial score (nSPS) is 19.3. The van der Waals surface area contributed by atoms with Gasteiger partial charge in [-0.2, -0.15) is 0 Å². The van der Waals surface area contributed by atoms with Gasteiger partial charge in [0.2, 0.25) is 5.75 Å². The maximum absolute atomic E-state index is 13.1. The first-order chi connectivity index (χ1) is 14.7. The van der Waals surface area contributed by atoms with Crippen molar-refractivity contribution in [3.05, 3.63) is 67.9 Å². The lowest BCUT2D eigenvalue weighted by atomic mass is 10.1. The van der Waals surface area contributed by atoms with Crippen LogP contribution in [0.3, 0.4) is 0 Å². The summed E-state index contributed by atoms with van der Waals surface area (Å²) in [6.07, 6.45) is 0. The molecule has 1 heterocycles. The van der Waals surface area contributed by atoms with Gasteiger partial charge in [0.1, 0.15) is 5.82 Å². The number of nitro groups is 1. The number of nitro benzene ring substituents is 1. The van der Waals surface area contributed by atoms with E-state index in [9.17, 15) is 19.3 Å². The van der Waals surface area contributed by atoms with Crippen LogP contribution in [0.4, 0.5) is 10.1 Å². The van der Waals surface area contributed by atoms with E-state index >= 15 is 0 Å². The van der Waals surface area contributed by atoms with E-state index in [4.69, 9.17) is 27.9 Å². The summed E-state index contributed by atoms with van der Waals surface area (Å²) in [6, 6.07) is 8.80. The second-order valence-electron chi connectivity index (χ2n) is 7.58. The van der Waals surface area contributed by atoms with Gasteiger partial charge in [-0.1, -0.05) is 35.3 Å². The molecule has 1 fully saturated rings. The molecule has 0 bridgehead atoms. The maximum Gasteiger partial charge on any atom is 0.314 e. The Morgan fingerprint density at radius 1 is 1.19 bits per heavy atom. The third kappa shape index (κ3) is 5.64. The van der Waals surface area contributed by atoms with Gasteiger partial charge >= 0.3 is 5.69 Å². The molecule has 2 aromatic carbocycles. The molecule has 3 rings (SSSR count). The predicted octanol–water partition coefficient (Wildman–Crippen LogP) is 4.54. The van der Waals surface area contributed by atoms with Gasteiger partial charge in [0.25, 0.3) is 5.91 Å². The van der Waals surface area contributed by atoms with Crippen molar-refractivity contribution in [1.29, 1.82) is 0 Å². The first kappa shape index (κ1) is 23.2. The van der Waals surface area contributed by atoms with Gasteiger partial charge in [0.15, 0.2) is 6.61 Å². The van der Waals surface area contributed by atoms with E-state index in [0.717, 1.165) is 11.6 Å². The topological polar surface area (TPSA) is 75.9 Å². The molecule has 1 amide bonds. The molecule has 1 aliphatic rings. The van der Waals surface area contributed by atoms with Gasteiger partial charge in [0.05, 0.1) is 9.95 Å². The number of hydrogen-bond donors (Lipinski definition) is 0. The molecule has 10 heteroatoms. The third-order valence-electron chi connectivity index (χ3n) is 5.26. The fourth-order valence-electron chi connectivity index (χ4n) is 3.63. The molecule has 2 aromatic rings. The number of amides is 1. The largest absolute Gasteiger partial charge is 0.476 e. The van der Waals surface area contributed by atoms with Crippen LogP contribution >= 0.6 is 23.2 Å². The summed E-state index contributed by atoms with van der Waals surface area (Å²) < 4.78 is 18.6. The number of nitrogens with zero attached hydrogens (tertiary/aromatic N) is 3. The Kier molecular flexibility index (Phi) is 7.35. The summed E-state index contributed by atoms with van der Waals surface area (Å²) in [6.45, 7) is 5.32. The smallest absolute Gasteiger partial charge is 0.314 e. The Hall–Kier alpha value is -2.42. The summed E-state index contributed by atoms with van der Waals surface area (Å²) in [5.74, 6) is -0.747. The number of halogens is 3. The van der Waals surface area contributed by atoms with Gasteiger partial charge < -0.3 is 9.64 Å². The molecular formula is C21H22Cl2FN3O4. The van der Waals surface area contributed by atoms with Crippen LogP contribution in [0.1, 0.15) is 19.4 Å². The molecule has 1 aliphatic heterocycles. The molecular weight excluding hydrogens is 448 g/mol. The average Bonchev–Trinajstić information content (AvgIpc) is 2.70. The molecule has 0 N–H and O–H groups in total. The average molecular weight is 470 g/mol. The first-order valence-electron chi connectivity index (χ1n) is 9.70. The molecule has 31 heavy (non-hydrogen) atoms. The van der Waals surface area contributed by atoms with Crippen molar-refractivity contribution in [2.24, 2.45) is 0 Å². The van der Waals surface area contributed by atoms with Crippen molar-refractivity contribution in [2.45, 2.75) is 32.5 Å². The highest BCUT2D eigenvalue weighted by molar-refractivity contribution is 6.36. The Labute approximate surface area is 189 Å². The van der Waals surface area contributed by atoms with E-state index < -0.39 is 10.6 Å². The number of ether oxygens (including phenoxy) is 1. The molecule has 1 saturated heterocycles. The highest BCUT2D eigenvalue weighted by atomic mass is 35.5. The summed E-state index contributed by atoms with van der Waals surface area (Å²) in [5.41, 5.74) is 0.601. The number of rotatable bonds is 6. The number of hydrogen-bond acceptors (Lipinski definition) is 5. The van der Waals surface area contributed by atoms with Crippen LogP contribution in [0, 0.1) is 15.9 Å². The summed E-state index contributed by atoms with van der Waals surface area (Å²) in [5, 5.41) is 11.3. The minimum Gasteiger partial charge on any atom is -0.476 e. The first-order valence-corrected chi connectivity index (χ1v) is 10.5. The van der Waals surface area contributed by atoms with Crippen molar-refractivity contribution in [1.82, 2.24) is 9.80 Å². The van der Waals surface area contributed by atoms with E-state index in [0.29, 0.717) is 19.6 Å². The van der Waals surface area contributed by atoms with Crippen LogP contribution in [-0.2, 0) is 11.3 Å². The summed E-state index contributed by atoms with van der Waals surface area (Å²) in [4.78, 5) is 27.3. The molecule has 0 aliphatic carbocycles. The summed E-state index contributed by atoms with van der Waals surface area (Å²) >= 11 is 11.9. The zero-order valence-electron chi connectivity index (χ0n) is 17.1. The second-order valence-corrected chi connectivity index (χ2v) is 8.43. The number of benzene rings is 2. The van der Waals surface area contributed by atoms with E-state index in [1.54, 1.807) is 17.0 Å². The predicted molar refractivity (Wildman–Crippen MR) is 116 cm³/mol. The molecule has 0 saturated carbocycles. The number of piperazine rings is 1. The fourth-order valence-corrected chi connectivity index (χ4v) is 4.17. The standard InChI is InChI=1S/C21H22Cl2FN3O4/c1-13-10-26(14(2)9-25(13)11-15-3-5-17(24)6-4-15)20(28)12-31-21-18(23)7-16(22)8-19(21)27(29)30/h3-8,13-14H,9-12H2,1-2H3/t13-,14+/m0/s1. The highest BCUT2D eigenvalue weighted by Crippen LogP contribution is 2.37. The van der Waals surface area contributed by atoms with E-state index in [2.05, 4.69) is 4.90 Å². The zero-order chi connectivity index (χ0) is 22.7. The Morgan fingerprint density at radius 3 is 2.52 bits per heavy atom. The SMILES string of the molecule is C[C@@H]1CN(Cc2ccc(F)cc2)[C@@H](C)CN1C(=O)COc1c(Cl)cc(Cl)cc1[N+](=O)[O-]. The Bertz CT molecular complexity index is 974. The third-order valence-corrected chi connectivity index (χ3v) is 5.76. The monoisotopic (exact) mass is 469 g/mol. The van der Waals surface area contributed by atoms with Crippen LogP contribution in [0.5, 0.6) is 5.75 Å². The minimum atomic E-state index is -0.656. The molecule has 0 aromatic heterocycles. The van der Waals surface area contributed by atoms with Gasteiger partial charge in [-0.3, -0.25) is 19.8 Å². The minimum absolute atomic E-state index is 0.0301. The van der Waals surface area contributed by atoms with Crippen molar-refractivity contribution < 1.29 is 18.8 Å². The van der Waals surface area contributed by atoms with Gasteiger partial charge in [-0.05, 0) is 37.6 Å². The van der Waals surface area contributed by atoms with Crippen molar-refractivity contribution in [2.75, 3.05) is 19.7 Å². The van der Waals surface area contributed by atoms with Gasteiger partial charge in [-0.25, -0.2) is 4.39 Å². The van der Waals surface area contributed by atoms with Crippen LogP contribution < -0.4 is 4.74 Å². The van der Waals surface area contributed by atoms with Gasteiger partial charge in [0, 0.05) is 42.8 Å². The van der Waals surface area contributed by atoms with E-state index in [1.165, 1.54) is 18.2 Å². The Morgan fingerprint density at radius 2 is 1.87 bits per heavy atom. The quantitative estimate of drug-likeness (QED) is 0.458. The summed E-state index contributed by atoms with van der Waals surface area (Å²) in [7, 11) is 0. The molecule has 7 nitrogen and oxygen atoms in total. The van der Waals surface area contributed by atoms with Crippen molar-refractivity contribution in [3.8, 4) is 5.75 Å².